The quantitative estimate of drug-likeness (QED) is 0.205. The Hall–Kier alpha value is -5.08. The van der Waals surface area contributed by atoms with Gasteiger partial charge in [0.15, 0.2) is 0 Å². The molecule has 6 aromatic carbocycles. The molecule has 0 saturated carbocycles. The van der Waals surface area contributed by atoms with Crippen molar-refractivity contribution in [2.45, 2.75) is 39.0 Å². The SMILES string of the molecule is CC(C)c1cc(-c2ccc3c(c2)c2ccccc2n3-c2ccccc2)cc2c1N(c1ccccc1)c1ccccc1C2(C)C. The van der Waals surface area contributed by atoms with Gasteiger partial charge in [-0.05, 0) is 94.4 Å². The van der Waals surface area contributed by atoms with Crippen LogP contribution in [0, 0.1) is 0 Å². The van der Waals surface area contributed by atoms with Gasteiger partial charge in [0.25, 0.3) is 0 Å². The molecule has 1 aliphatic heterocycles. The highest BCUT2D eigenvalue weighted by Crippen LogP contribution is 2.55. The molecule has 2 heterocycles. The van der Waals surface area contributed by atoms with Crippen molar-refractivity contribution in [2.75, 3.05) is 4.90 Å². The number of aromatic nitrogens is 1. The molecular weight excluding hydrogens is 532 g/mol. The number of nitrogens with zero attached hydrogens (tertiary/aromatic N) is 2. The molecule has 0 saturated heterocycles. The van der Waals surface area contributed by atoms with Crippen LogP contribution in [0.1, 0.15) is 50.3 Å². The number of rotatable bonds is 4. The maximum atomic E-state index is 2.49. The Morgan fingerprint density at radius 3 is 1.91 bits per heavy atom. The Bertz CT molecular complexity index is 2170. The molecular formula is C42H36N2. The first-order valence-electron chi connectivity index (χ1n) is 15.7. The van der Waals surface area contributed by atoms with E-state index in [1.54, 1.807) is 0 Å². The van der Waals surface area contributed by atoms with Crippen LogP contribution in [0.15, 0.2) is 140 Å². The van der Waals surface area contributed by atoms with Crippen molar-refractivity contribution in [2.24, 2.45) is 0 Å². The van der Waals surface area contributed by atoms with Crippen LogP contribution < -0.4 is 4.90 Å². The van der Waals surface area contributed by atoms with Crippen LogP contribution in [0.5, 0.6) is 0 Å². The van der Waals surface area contributed by atoms with Crippen LogP contribution in [0.3, 0.4) is 0 Å². The van der Waals surface area contributed by atoms with E-state index in [0.29, 0.717) is 5.92 Å². The number of fused-ring (bicyclic) bond motifs is 5. The van der Waals surface area contributed by atoms with Crippen molar-refractivity contribution in [3.63, 3.8) is 0 Å². The molecule has 2 heteroatoms. The number of hydrogen-bond donors (Lipinski definition) is 0. The number of hydrogen-bond acceptors (Lipinski definition) is 1. The van der Waals surface area contributed by atoms with Crippen LogP contribution in [0.2, 0.25) is 0 Å². The molecule has 0 bridgehead atoms. The van der Waals surface area contributed by atoms with E-state index < -0.39 is 0 Å². The zero-order chi connectivity index (χ0) is 30.0. The third-order valence-corrected chi connectivity index (χ3v) is 9.51. The molecule has 0 N–H and O–H groups in total. The van der Waals surface area contributed by atoms with Crippen LogP contribution in [0.25, 0.3) is 38.6 Å². The summed E-state index contributed by atoms with van der Waals surface area (Å²) in [6.45, 7) is 9.43. The maximum absolute atomic E-state index is 2.49. The first kappa shape index (κ1) is 26.5. The van der Waals surface area contributed by atoms with E-state index in [1.807, 2.05) is 0 Å². The Morgan fingerprint density at radius 2 is 1.16 bits per heavy atom. The van der Waals surface area contributed by atoms with Gasteiger partial charge in [-0.15, -0.1) is 0 Å². The second-order valence-corrected chi connectivity index (χ2v) is 12.8. The average molecular weight is 569 g/mol. The summed E-state index contributed by atoms with van der Waals surface area (Å²) in [6, 6.07) is 51.2. The Morgan fingerprint density at radius 1 is 0.523 bits per heavy atom. The third kappa shape index (κ3) is 3.94. The van der Waals surface area contributed by atoms with E-state index in [2.05, 4.69) is 177 Å². The highest BCUT2D eigenvalue weighted by atomic mass is 15.2. The van der Waals surface area contributed by atoms with Crippen molar-refractivity contribution < 1.29 is 0 Å². The highest BCUT2D eigenvalue weighted by molar-refractivity contribution is 6.10. The van der Waals surface area contributed by atoms with E-state index in [0.717, 1.165) is 0 Å². The number of benzene rings is 6. The largest absolute Gasteiger partial charge is 0.310 e. The minimum Gasteiger partial charge on any atom is -0.310 e. The predicted octanol–water partition coefficient (Wildman–Crippen LogP) is 11.7. The summed E-state index contributed by atoms with van der Waals surface area (Å²) in [5, 5.41) is 2.56. The van der Waals surface area contributed by atoms with Crippen LogP contribution in [-0.4, -0.2) is 4.57 Å². The smallest absolute Gasteiger partial charge is 0.0541 e. The molecule has 0 aliphatic carbocycles. The topological polar surface area (TPSA) is 8.17 Å². The molecule has 1 aromatic heterocycles. The lowest BCUT2D eigenvalue weighted by atomic mass is 9.71. The first-order valence-corrected chi connectivity index (χ1v) is 15.7. The fourth-order valence-corrected chi connectivity index (χ4v) is 7.31. The molecule has 7 aromatic rings. The molecule has 44 heavy (non-hydrogen) atoms. The molecule has 0 fully saturated rings. The van der Waals surface area contributed by atoms with Gasteiger partial charge in [-0.2, -0.15) is 0 Å². The summed E-state index contributed by atoms with van der Waals surface area (Å²) in [6.07, 6.45) is 0. The minimum atomic E-state index is -0.162. The summed E-state index contributed by atoms with van der Waals surface area (Å²) in [5.74, 6) is 0.347. The molecule has 2 nitrogen and oxygen atoms in total. The van der Waals surface area contributed by atoms with Crippen molar-refractivity contribution >= 4 is 38.9 Å². The average Bonchev–Trinajstić information content (AvgIpc) is 3.39. The van der Waals surface area contributed by atoms with Gasteiger partial charge in [-0.1, -0.05) is 107 Å². The monoisotopic (exact) mass is 568 g/mol. The van der Waals surface area contributed by atoms with Gasteiger partial charge in [0.05, 0.1) is 22.4 Å². The fraction of sp³-hybridized carbons (Fsp3) is 0.143. The molecule has 0 atom stereocenters. The zero-order valence-electron chi connectivity index (χ0n) is 25.8. The number of para-hydroxylation sites is 4. The Balaban J connectivity index is 1.39. The van der Waals surface area contributed by atoms with E-state index in [-0.39, 0.29) is 5.41 Å². The van der Waals surface area contributed by atoms with Gasteiger partial charge in [0.2, 0.25) is 0 Å². The van der Waals surface area contributed by atoms with E-state index in [4.69, 9.17) is 0 Å². The van der Waals surface area contributed by atoms with Crippen molar-refractivity contribution in [3.8, 4) is 16.8 Å². The lowest BCUT2D eigenvalue weighted by Crippen LogP contribution is -2.31. The number of anilines is 3. The standard InChI is InChI=1S/C42H36N2/c1-28(2)34-26-30(27-37-41(34)44(32-17-9-6-10-18-32)40-22-14-12-20-36(40)42(37,3)4)29-23-24-39-35(25-29)33-19-11-13-21-38(33)43(39)31-15-7-5-8-16-31/h5-28H,1-4H3. The Kier molecular flexibility index (Phi) is 6.03. The fourth-order valence-electron chi connectivity index (χ4n) is 7.31. The molecule has 214 valence electrons. The lowest BCUT2D eigenvalue weighted by molar-refractivity contribution is 0.629. The molecule has 8 rings (SSSR count). The summed E-state index contributed by atoms with van der Waals surface area (Å²) >= 11 is 0. The second kappa shape index (κ2) is 9.99. The summed E-state index contributed by atoms with van der Waals surface area (Å²) in [4.78, 5) is 2.49. The van der Waals surface area contributed by atoms with Gasteiger partial charge >= 0.3 is 0 Å². The third-order valence-electron chi connectivity index (χ3n) is 9.51. The summed E-state index contributed by atoms with van der Waals surface area (Å²) in [5.41, 5.74) is 13.9. The summed E-state index contributed by atoms with van der Waals surface area (Å²) in [7, 11) is 0. The van der Waals surface area contributed by atoms with Crippen molar-refractivity contribution in [1.82, 2.24) is 4.57 Å². The second-order valence-electron chi connectivity index (χ2n) is 12.8. The van der Waals surface area contributed by atoms with Crippen LogP contribution >= 0.6 is 0 Å². The van der Waals surface area contributed by atoms with Crippen molar-refractivity contribution in [1.29, 1.82) is 0 Å². The summed E-state index contributed by atoms with van der Waals surface area (Å²) < 4.78 is 2.39. The van der Waals surface area contributed by atoms with Gasteiger partial charge < -0.3 is 9.47 Å². The maximum Gasteiger partial charge on any atom is 0.0541 e. The molecule has 1 aliphatic rings. The van der Waals surface area contributed by atoms with E-state index >= 15 is 0 Å². The van der Waals surface area contributed by atoms with E-state index in [1.165, 1.54) is 72.4 Å². The van der Waals surface area contributed by atoms with Crippen LogP contribution in [-0.2, 0) is 5.41 Å². The molecule has 0 radical (unpaired) electrons. The van der Waals surface area contributed by atoms with Gasteiger partial charge in [0.1, 0.15) is 0 Å². The van der Waals surface area contributed by atoms with Crippen LogP contribution in [0.4, 0.5) is 17.1 Å². The zero-order valence-corrected chi connectivity index (χ0v) is 25.8. The van der Waals surface area contributed by atoms with Crippen molar-refractivity contribution in [3.05, 3.63) is 156 Å². The Labute approximate surface area is 259 Å². The molecule has 0 spiro atoms. The first-order chi connectivity index (χ1) is 21.4. The van der Waals surface area contributed by atoms with Gasteiger partial charge in [-0.3, -0.25) is 0 Å². The molecule has 0 amide bonds. The minimum absolute atomic E-state index is 0.162. The normalized spacial score (nSPS) is 13.8. The highest BCUT2D eigenvalue weighted by Gasteiger charge is 2.39. The predicted molar refractivity (Wildman–Crippen MR) is 187 cm³/mol. The van der Waals surface area contributed by atoms with Gasteiger partial charge in [-0.25, -0.2) is 0 Å². The lowest BCUT2D eigenvalue weighted by Gasteiger charge is -2.44. The van der Waals surface area contributed by atoms with E-state index in [9.17, 15) is 0 Å². The molecule has 0 unspecified atom stereocenters. The van der Waals surface area contributed by atoms with Gasteiger partial charge in [0, 0.05) is 27.6 Å².